The second-order valence-corrected chi connectivity index (χ2v) is 6.68. The van der Waals surface area contributed by atoms with Crippen molar-refractivity contribution >= 4 is 11.6 Å². The topological polar surface area (TPSA) is 29.5 Å². The zero-order valence-corrected chi connectivity index (χ0v) is 13.3. The molecule has 2 aromatic carbocycles. The van der Waals surface area contributed by atoms with Gasteiger partial charge in [0.25, 0.3) is 5.91 Å². The molecule has 1 heterocycles. The van der Waals surface area contributed by atoms with Crippen LogP contribution in [0.4, 0.5) is 5.69 Å². The Labute approximate surface area is 131 Å². The van der Waals surface area contributed by atoms with Crippen LogP contribution in [-0.2, 0) is 16.8 Å². The summed E-state index contributed by atoms with van der Waals surface area (Å²) in [5, 5.41) is 0. The highest BCUT2D eigenvalue weighted by molar-refractivity contribution is 5.97. The van der Waals surface area contributed by atoms with Crippen LogP contribution in [0.15, 0.2) is 48.5 Å². The van der Waals surface area contributed by atoms with Gasteiger partial charge in [-0.1, -0.05) is 57.2 Å². The van der Waals surface area contributed by atoms with Crippen molar-refractivity contribution in [1.29, 1.82) is 0 Å². The van der Waals surface area contributed by atoms with E-state index in [0.717, 1.165) is 17.0 Å². The maximum atomic E-state index is 12.2. The van der Waals surface area contributed by atoms with Crippen LogP contribution in [0.2, 0.25) is 0 Å². The van der Waals surface area contributed by atoms with Gasteiger partial charge >= 0.3 is 0 Å². The number of carbonyl (C=O) groups is 1. The molecule has 22 heavy (non-hydrogen) atoms. The average molecular weight is 295 g/mol. The van der Waals surface area contributed by atoms with E-state index in [-0.39, 0.29) is 17.9 Å². The van der Waals surface area contributed by atoms with Crippen LogP contribution in [0.25, 0.3) is 0 Å². The normalized spacial score (nSPS) is 14.5. The van der Waals surface area contributed by atoms with E-state index in [1.165, 1.54) is 5.56 Å². The van der Waals surface area contributed by atoms with Crippen molar-refractivity contribution in [3.8, 4) is 5.75 Å². The first-order chi connectivity index (χ1) is 10.4. The van der Waals surface area contributed by atoms with Gasteiger partial charge in [0.05, 0.1) is 12.2 Å². The summed E-state index contributed by atoms with van der Waals surface area (Å²) in [7, 11) is 0. The first kappa shape index (κ1) is 14.6. The number of rotatable bonds is 2. The Hall–Kier alpha value is -2.29. The van der Waals surface area contributed by atoms with Gasteiger partial charge in [0.15, 0.2) is 6.61 Å². The third-order valence-electron chi connectivity index (χ3n) is 3.97. The molecule has 0 spiro atoms. The number of hydrogen-bond donors (Lipinski definition) is 0. The molecule has 1 aliphatic heterocycles. The summed E-state index contributed by atoms with van der Waals surface area (Å²) in [6.07, 6.45) is 0. The van der Waals surface area contributed by atoms with Crippen LogP contribution < -0.4 is 9.64 Å². The highest BCUT2D eigenvalue weighted by atomic mass is 16.5. The van der Waals surface area contributed by atoms with Crippen molar-refractivity contribution in [2.45, 2.75) is 32.7 Å². The lowest BCUT2D eigenvalue weighted by Crippen LogP contribution is -2.38. The van der Waals surface area contributed by atoms with Gasteiger partial charge in [-0.05, 0) is 28.7 Å². The Bertz CT molecular complexity index is 683. The molecule has 0 unspecified atom stereocenters. The fourth-order valence-corrected chi connectivity index (χ4v) is 2.62. The molecule has 3 nitrogen and oxygen atoms in total. The summed E-state index contributed by atoms with van der Waals surface area (Å²) in [4.78, 5) is 14.0. The van der Waals surface area contributed by atoms with Crippen molar-refractivity contribution in [3.05, 3.63) is 59.7 Å². The Morgan fingerprint density at radius 3 is 2.41 bits per heavy atom. The molecular weight excluding hydrogens is 274 g/mol. The first-order valence-electron chi connectivity index (χ1n) is 7.57. The minimum atomic E-state index is -0.00130. The molecule has 0 radical (unpaired) electrons. The Morgan fingerprint density at radius 2 is 1.73 bits per heavy atom. The molecule has 114 valence electrons. The Balaban J connectivity index is 1.85. The van der Waals surface area contributed by atoms with Gasteiger partial charge in [-0.2, -0.15) is 0 Å². The Morgan fingerprint density at radius 1 is 1.05 bits per heavy atom. The lowest BCUT2D eigenvalue weighted by molar-refractivity contribution is -0.121. The van der Waals surface area contributed by atoms with Crippen molar-refractivity contribution < 1.29 is 9.53 Å². The van der Waals surface area contributed by atoms with Crippen LogP contribution in [-0.4, -0.2) is 12.5 Å². The maximum Gasteiger partial charge on any atom is 0.265 e. The van der Waals surface area contributed by atoms with Crippen LogP contribution >= 0.6 is 0 Å². The molecule has 0 N–H and O–H groups in total. The summed E-state index contributed by atoms with van der Waals surface area (Å²) in [6.45, 7) is 7.28. The largest absolute Gasteiger partial charge is 0.482 e. The van der Waals surface area contributed by atoms with E-state index in [1.54, 1.807) is 4.90 Å². The standard InChI is InChI=1S/C19H21NO2/c1-19(2,3)15-10-8-14(9-11-15)12-20-16-6-4-5-7-17(16)22-13-18(20)21/h4-11H,12-13H2,1-3H3. The van der Waals surface area contributed by atoms with E-state index in [2.05, 4.69) is 45.0 Å². The lowest BCUT2D eigenvalue weighted by atomic mass is 9.87. The number of carbonyl (C=O) groups excluding carboxylic acids is 1. The number of amides is 1. The smallest absolute Gasteiger partial charge is 0.265 e. The summed E-state index contributed by atoms with van der Waals surface area (Å²) >= 11 is 0. The van der Waals surface area contributed by atoms with Gasteiger partial charge in [-0.15, -0.1) is 0 Å². The number of fused-ring (bicyclic) bond motifs is 1. The molecule has 0 atom stereocenters. The van der Waals surface area contributed by atoms with Gasteiger partial charge < -0.3 is 9.64 Å². The summed E-state index contributed by atoms with van der Waals surface area (Å²) < 4.78 is 5.48. The van der Waals surface area contributed by atoms with E-state index in [1.807, 2.05) is 24.3 Å². The third kappa shape index (κ3) is 2.84. The van der Waals surface area contributed by atoms with Gasteiger partial charge in [-0.3, -0.25) is 4.79 Å². The summed E-state index contributed by atoms with van der Waals surface area (Å²) in [5.41, 5.74) is 3.40. The third-order valence-corrected chi connectivity index (χ3v) is 3.97. The molecule has 1 amide bonds. The molecule has 3 rings (SSSR count). The number of ether oxygens (including phenoxy) is 1. The van der Waals surface area contributed by atoms with E-state index in [0.29, 0.717) is 6.54 Å². The summed E-state index contributed by atoms with van der Waals surface area (Å²) in [5.74, 6) is 0.770. The minimum Gasteiger partial charge on any atom is -0.482 e. The number of anilines is 1. The zero-order chi connectivity index (χ0) is 15.7. The van der Waals surface area contributed by atoms with Gasteiger partial charge in [0, 0.05) is 0 Å². The molecule has 0 bridgehead atoms. The van der Waals surface area contributed by atoms with E-state index in [9.17, 15) is 4.79 Å². The quantitative estimate of drug-likeness (QED) is 0.840. The number of benzene rings is 2. The highest BCUT2D eigenvalue weighted by Crippen LogP contribution is 2.32. The molecule has 0 fully saturated rings. The van der Waals surface area contributed by atoms with Crippen molar-refractivity contribution in [3.63, 3.8) is 0 Å². The molecular formula is C19H21NO2. The number of para-hydroxylation sites is 2. The predicted octanol–water partition coefficient (Wildman–Crippen LogP) is 3.91. The number of nitrogens with zero attached hydrogens (tertiary/aromatic N) is 1. The molecule has 0 aliphatic carbocycles. The SMILES string of the molecule is CC(C)(C)c1ccc(CN2C(=O)COc3ccccc32)cc1. The molecule has 2 aromatic rings. The van der Waals surface area contributed by atoms with E-state index in [4.69, 9.17) is 4.74 Å². The second-order valence-electron chi connectivity index (χ2n) is 6.68. The Kier molecular flexibility index (Phi) is 3.65. The lowest BCUT2D eigenvalue weighted by Gasteiger charge is -2.29. The molecule has 1 aliphatic rings. The minimum absolute atomic E-state index is 0.00130. The summed E-state index contributed by atoms with van der Waals surface area (Å²) in [6, 6.07) is 16.2. The predicted molar refractivity (Wildman–Crippen MR) is 88.3 cm³/mol. The highest BCUT2D eigenvalue weighted by Gasteiger charge is 2.25. The van der Waals surface area contributed by atoms with E-state index >= 15 is 0 Å². The van der Waals surface area contributed by atoms with Crippen LogP contribution in [0, 0.1) is 0 Å². The average Bonchev–Trinajstić information content (AvgIpc) is 2.50. The fraction of sp³-hybridized carbons (Fsp3) is 0.316. The van der Waals surface area contributed by atoms with Gasteiger partial charge in [0.1, 0.15) is 5.75 Å². The monoisotopic (exact) mass is 295 g/mol. The molecule has 3 heteroatoms. The first-order valence-corrected chi connectivity index (χ1v) is 7.57. The second kappa shape index (κ2) is 5.48. The van der Waals surface area contributed by atoms with Crippen molar-refractivity contribution in [2.75, 3.05) is 11.5 Å². The van der Waals surface area contributed by atoms with Crippen LogP contribution in [0.5, 0.6) is 5.75 Å². The van der Waals surface area contributed by atoms with Crippen LogP contribution in [0.1, 0.15) is 31.9 Å². The molecule has 0 aromatic heterocycles. The maximum absolute atomic E-state index is 12.2. The van der Waals surface area contributed by atoms with Gasteiger partial charge in [-0.25, -0.2) is 0 Å². The van der Waals surface area contributed by atoms with E-state index < -0.39 is 0 Å². The molecule has 0 saturated heterocycles. The number of hydrogen-bond acceptors (Lipinski definition) is 2. The zero-order valence-electron chi connectivity index (χ0n) is 13.3. The van der Waals surface area contributed by atoms with Crippen molar-refractivity contribution in [1.82, 2.24) is 0 Å². The van der Waals surface area contributed by atoms with Crippen LogP contribution in [0.3, 0.4) is 0 Å². The van der Waals surface area contributed by atoms with Gasteiger partial charge in [0.2, 0.25) is 0 Å². The molecule has 0 saturated carbocycles. The fourth-order valence-electron chi connectivity index (χ4n) is 2.62. The van der Waals surface area contributed by atoms with Crippen molar-refractivity contribution in [2.24, 2.45) is 0 Å².